The summed E-state index contributed by atoms with van der Waals surface area (Å²) in [6.45, 7) is 5.65. The predicted molar refractivity (Wildman–Crippen MR) is 71.0 cm³/mol. The molecule has 0 saturated heterocycles. The molecule has 4 nitrogen and oxygen atoms in total. The minimum absolute atomic E-state index is 0.103. The Morgan fingerprint density at radius 1 is 1.50 bits per heavy atom. The van der Waals surface area contributed by atoms with Gasteiger partial charge in [-0.2, -0.15) is 5.10 Å². The molecule has 0 aliphatic rings. The molecule has 0 bridgehead atoms. The van der Waals surface area contributed by atoms with E-state index in [2.05, 4.69) is 31.8 Å². The summed E-state index contributed by atoms with van der Waals surface area (Å²) in [6, 6.07) is 3.72. The lowest BCUT2D eigenvalue weighted by Crippen LogP contribution is -2.37. The maximum Gasteiger partial charge on any atom is 0.335 e. The van der Waals surface area contributed by atoms with E-state index in [-0.39, 0.29) is 12.1 Å². The maximum absolute atomic E-state index is 11.3. The number of amides is 2. The van der Waals surface area contributed by atoms with Crippen LogP contribution in [0, 0.1) is 0 Å². The Bertz CT molecular complexity index is 401. The van der Waals surface area contributed by atoms with Gasteiger partial charge in [0.1, 0.15) is 0 Å². The van der Waals surface area contributed by atoms with Gasteiger partial charge in [-0.3, -0.25) is 0 Å². The van der Waals surface area contributed by atoms with Crippen molar-refractivity contribution in [3.8, 4) is 0 Å². The second kappa shape index (κ2) is 6.00. The van der Waals surface area contributed by atoms with E-state index in [1.165, 1.54) is 0 Å². The van der Waals surface area contributed by atoms with Crippen molar-refractivity contribution in [1.82, 2.24) is 10.7 Å². The predicted octanol–water partition coefficient (Wildman–Crippen LogP) is 2.94. The molecule has 0 spiro atoms. The van der Waals surface area contributed by atoms with Crippen molar-refractivity contribution in [2.24, 2.45) is 5.10 Å². The number of hydrogen-bond donors (Lipinski definition) is 2. The summed E-state index contributed by atoms with van der Waals surface area (Å²) in [4.78, 5) is 12.3. The van der Waals surface area contributed by atoms with Crippen LogP contribution < -0.4 is 10.7 Å². The van der Waals surface area contributed by atoms with Crippen molar-refractivity contribution < 1.29 is 4.79 Å². The van der Waals surface area contributed by atoms with Gasteiger partial charge >= 0.3 is 6.03 Å². The minimum atomic E-state index is -0.287. The molecule has 0 atom stereocenters. The van der Waals surface area contributed by atoms with Gasteiger partial charge < -0.3 is 5.32 Å². The molecular formula is C10H14BrN3OS. The lowest BCUT2D eigenvalue weighted by molar-refractivity contribution is 0.239. The van der Waals surface area contributed by atoms with Gasteiger partial charge in [-0.15, -0.1) is 11.3 Å². The Balaban J connectivity index is 2.54. The topological polar surface area (TPSA) is 53.5 Å². The molecule has 0 aliphatic heterocycles. The normalized spacial score (nSPS) is 11.7. The summed E-state index contributed by atoms with van der Waals surface area (Å²) in [7, 11) is 0. The second-order valence-corrected chi connectivity index (χ2v) is 6.00. The highest BCUT2D eigenvalue weighted by Crippen LogP contribution is 2.22. The van der Waals surface area contributed by atoms with Crippen LogP contribution in [0.3, 0.4) is 0 Å². The van der Waals surface area contributed by atoms with E-state index in [0.29, 0.717) is 0 Å². The molecule has 0 unspecified atom stereocenters. The van der Waals surface area contributed by atoms with Crippen LogP contribution in [0.4, 0.5) is 4.79 Å². The van der Waals surface area contributed by atoms with Gasteiger partial charge in [0, 0.05) is 6.04 Å². The monoisotopic (exact) mass is 303 g/mol. The Labute approximate surface area is 107 Å². The number of hydrogen-bond acceptors (Lipinski definition) is 3. The highest BCUT2D eigenvalue weighted by atomic mass is 79.9. The summed E-state index contributed by atoms with van der Waals surface area (Å²) in [5.74, 6) is 0. The third-order valence-corrected chi connectivity index (χ3v) is 3.41. The number of carbonyl (C=O) groups excluding carboxylic acids is 1. The molecule has 1 aromatic rings. The third kappa shape index (κ3) is 4.32. The number of hydrazone groups is 1. The number of urea groups is 1. The van der Waals surface area contributed by atoms with E-state index in [9.17, 15) is 4.79 Å². The van der Waals surface area contributed by atoms with Crippen molar-refractivity contribution >= 4 is 39.0 Å². The smallest absolute Gasteiger partial charge is 0.335 e. The lowest BCUT2D eigenvalue weighted by atomic mass is 10.3. The molecule has 1 aromatic heterocycles. The van der Waals surface area contributed by atoms with Gasteiger partial charge in [-0.25, -0.2) is 10.2 Å². The number of rotatable bonds is 3. The highest BCUT2D eigenvalue weighted by Gasteiger charge is 2.03. The molecule has 0 aliphatic carbocycles. The molecule has 0 radical (unpaired) electrons. The van der Waals surface area contributed by atoms with E-state index < -0.39 is 0 Å². The van der Waals surface area contributed by atoms with Gasteiger partial charge in [0.25, 0.3) is 0 Å². The van der Waals surface area contributed by atoms with E-state index in [1.54, 1.807) is 11.3 Å². The zero-order valence-corrected chi connectivity index (χ0v) is 11.8. The Morgan fingerprint density at radius 2 is 2.19 bits per heavy atom. The fourth-order valence-corrected chi connectivity index (χ4v) is 2.32. The second-order valence-electron chi connectivity index (χ2n) is 3.54. The Kier molecular flexibility index (Phi) is 4.95. The zero-order valence-electron chi connectivity index (χ0n) is 9.37. The third-order valence-electron chi connectivity index (χ3n) is 1.67. The van der Waals surface area contributed by atoms with Crippen LogP contribution in [-0.2, 0) is 0 Å². The van der Waals surface area contributed by atoms with E-state index in [4.69, 9.17) is 0 Å². The number of thiophene rings is 1. The van der Waals surface area contributed by atoms with E-state index in [0.717, 1.165) is 14.4 Å². The first-order valence-corrected chi connectivity index (χ1v) is 6.46. The first-order chi connectivity index (χ1) is 7.49. The minimum Gasteiger partial charge on any atom is -0.335 e. The quantitative estimate of drug-likeness (QED) is 0.655. The fourth-order valence-electron chi connectivity index (χ4n) is 0.993. The van der Waals surface area contributed by atoms with E-state index in [1.807, 2.05) is 32.9 Å². The fraction of sp³-hybridized carbons (Fsp3) is 0.400. The van der Waals surface area contributed by atoms with Crippen molar-refractivity contribution in [2.75, 3.05) is 0 Å². The molecule has 1 heterocycles. The van der Waals surface area contributed by atoms with Gasteiger partial charge in [0.15, 0.2) is 0 Å². The molecular weight excluding hydrogens is 290 g/mol. The molecule has 2 N–H and O–H groups in total. The summed E-state index contributed by atoms with van der Waals surface area (Å²) < 4.78 is 1.05. The Hall–Kier alpha value is -0.880. The molecule has 0 fully saturated rings. The zero-order chi connectivity index (χ0) is 12.1. The maximum atomic E-state index is 11.3. The van der Waals surface area contributed by atoms with Crippen molar-refractivity contribution in [3.05, 3.63) is 20.8 Å². The van der Waals surface area contributed by atoms with Crippen LogP contribution in [-0.4, -0.2) is 17.8 Å². The van der Waals surface area contributed by atoms with Gasteiger partial charge in [0.05, 0.1) is 14.4 Å². The molecule has 88 valence electrons. The van der Waals surface area contributed by atoms with Crippen LogP contribution in [0.1, 0.15) is 25.6 Å². The van der Waals surface area contributed by atoms with Crippen molar-refractivity contribution in [2.45, 2.75) is 26.8 Å². The number of nitrogens with one attached hydrogen (secondary N) is 2. The molecule has 0 aromatic carbocycles. The van der Waals surface area contributed by atoms with Gasteiger partial charge in [0.2, 0.25) is 0 Å². The number of nitrogens with zero attached hydrogens (tertiary/aromatic N) is 1. The van der Waals surface area contributed by atoms with Crippen molar-refractivity contribution in [1.29, 1.82) is 0 Å². The van der Waals surface area contributed by atoms with Gasteiger partial charge in [-0.05, 0) is 48.8 Å². The summed E-state index contributed by atoms with van der Waals surface area (Å²) in [5, 5.41) is 6.70. The van der Waals surface area contributed by atoms with Crippen LogP contribution in [0.15, 0.2) is 21.0 Å². The molecule has 2 amide bonds. The van der Waals surface area contributed by atoms with Crippen molar-refractivity contribution in [3.63, 3.8) is 0 Å². The summed E-state index contributed by atoms with van der Waals surface area (Å²) in [6.07, 6.45) is 0. The van der Waals surface area contributed by atoms with Crippen LogP contribution in [0.5, 0.6) is 0 Å². The SMILES string of the molecule is CC(=NNC(=O)NC(C)C)c1ccc(Br)s1. The first kappa shape index (κ1) is 13.2. The first-order valence-electron chi connectivity index (χ1n) is 4.85. The van der Waals surface area contributed by atoms with E-state index >= 15 is 0 Å². The number of carbonyl (C=O) groups is 1. The highest BCUT2D eigenvalue weighted by molar-refractivity contribution is 9.11. The van der Waals surface area contributed by atoms with Crippen LogP contribution in [0.25, 0.3) is 0 Å². The average molecular weight is 304 g/mol. The molecule has 16 heavy (non-hydrogen) atoms. The largest absolute Gasteiger partial charge is 0.335 e. The summed E-state index contributed by atoms with van der Waals surface area (Å²) >= 11 is 4.95. The molecule has 6 heteroatoms. The van der Waals surface area contributed by atoms with Crippen LogP contribution in [0.2, 0.25) is 0 Å². The number of halogens is 1. The molecule has 0 saturated carbocycles. The Morgan fingerprint density at radius 3 is 2.69 bits per heavy atom. The average Bonchev–Trinajstić information content (AvgIpc) is 2.60. The van der Waals surface area contributed by atoms with Gasteiger partial charge in [-0.1, -0.05) is 0 Å². The molecule has 1 rings (SSSR count). The lowest BCUT2D eigenvalue weighted by Gasteiger charge is -2.07. The summed E-state index contributed by atoms with van der Waals surface area (Å²) in [5.41, 5.74) is 3.24. The van der Waals surface area contributed by atoms with Crippen LogP contribution >= 0.6 is 27.3 Å². The standard InChI is InChI=1S/C10H14BrN3OS/c1-6(2)12-10(15)14-13-7(3)8-4-5-9(11)16-8/h4-6H,1-3H3,(H2,12,14,15).